The number of benzene rings is 1. The number of fused-ring (bicyclic) bond motifs is 1. The average Bonchev–Trinajstić information content (AvgIpc) is 2.74. The number of rotatable bonds is 6. The van der Waals surface area contributed by atoms with Crippen molar-refractivity contribution in [3.05, 3.63) is 29.3 Å². The molecule has 0 saturated heterocycles. The molecule has 0 radical (unpaired) electrons. The van der Waals surface area contributed by atoms with Gasteiger partial charge in [0.25, 0.3) is 6.43 Å². The van der Waals surface area contributed by atoms with Gasteiger partial charge in [0.1, 0.15) is 12.4 Å². The zero-order valence-corrected chi connectivity index (χ0v) is 11.2. The van der Waals surface area contributed by atoms with Crippen molar-refractivity contribution in [3.8, 4) is 5.75 Å². The Bertz CT molecular complexity index is 426. The monoisotopic (exact) mass is 271 g/mol. The first kappa shape index (κ1) is 14.2. The van der Waals surface area contributed by atoms with Crippen molar-refractivity contribution in [2.24, 2.45) is 0 Å². The van der Waals surface area contributed by atoms with Gasteiger partial charge in [-0.05, 0) is 29.8 Å². The fourth-order valence-corrected chi connectivity index (χ4v) is 2.52. The lowest BCUT2D eigenvalue weighted by Gasteiger charge is -2.21. The number of halogens is 2. The van der Waals surface area contributed by atoms with Gasteiger partial charge in [-0.1, -0.05) is 13.0 Å². The molecule has 2 rings (SSSR count). The van der Waals surface area contributed by atoms with Gasteiger partial charge in [0.15, 0.2) is 0 Å². The van der Waals surface area contributed by atoms with Gasteiger partial charge in [-0.15, -0.1) is 0 Å². The van der Waals surface area contributed by atoms with E-state index in [1.54, 1.807) is 7.11 Å². The Labute approximate surface area is 111 Å². The molecule has 0 aromatic heterocycles. The molecule has 106 valence electrons. The van der Waals surface area contributed by atoms with Crippen molar-refractivity contribution in [1.29, 1.82) is 0 Å². The van der Waals surface area contributed by atoms with Crippen LogP contribution in [-0.2, 0) is 11.2 Å². The fourth-order valence-electron chi connectivity index (χ4n) is 2.52. The molecular weight excluding hydrogens is 252 g/mol. The minimum atomic E-state index is -2.43. The number of hydrogen-bond acceptors (Lipinski definition) is 3. The van der Waals surface area contributed by atoms with Crippen LogP contribution < -0.4 is 10.1 Å². The van der Waals surface area contributed by atoms with Crippen LogP contribution in [0.5, 0.6) is 5.75 Å². The summed E-state index contributed by atoms with van der Waals surface area (Å²) >= 11 is 0. The van der Waals surface area contributed by atoms with E-state index in [-0.39, 0.29) is 12.1 Å². The van der Waals surface area contributed by atoms with Crippen LogP contribution in [0.25, 0.3) is 0 Å². The summed E-state index contributed by atoms with van der Waals surface area (Å²) in [5, 5.41) is 3.30. The summed E-state index contributed by atoms with van der Waals surface area (Å²) in [4.78, 5) is 0. The Morgan fingerprint density at radius 1 is 1.42 bits per heavy atom. The van der Waals surface area contributed by atoms with Crippen LogP contribution in [0.3, 0.4) is 0 Å². The first-order valence-corrected chi connectivity index (χ1v) is 6.45. The van der Waals surface area contributed by atoms with E-state index in [4.69, 9.17) is 9.47 Å². The molecule has 1 aliphatic carbocycles. The number of hydrogen-bond donors (Lipinski definition) is 1. The second kappa shape index (κ2) is 6.30. The molecule has 0 saturated carbocycles. The topological polar surface area (TPSA) is 30.5 Å². The second-order valence-electron chi connectivity index (χ2n) is 4.57. The highest BCUT2D eigenvalue weighted by Crippen LogP contribution is 2.35. The summed E-state index contributed by atoms with van der Waals surface area (Å²) in [6.45, 7) is 2.23. The van der Waals surface area contributed by atoms with Crippen molar-refractivity contribution in [2.45, 2.75) is 31.9 Å². The Balaban J connectivity index is 2.16. The van der Waals surface area contributed by atoms with Gasteiger partial charge in [0, 0.05) is 6.42 Å². The van der Waals surface area contributed by atoms with E-state index in [2.05, 4.69) is 5.32 Å². The summed E-state index contributed by atoms with van der Waals surface area (Å²) < 4.78 is 35.1. The van der Waals surface area contributed by atoms with Crippen LogP contribution in [0, 0.1) is 0 Å². The van der Waals surface area contributed by atoms with Crippen LogP contribution >= 0.6 is 0 Å². The highest BCUT2D eigenvalue weighted by atomic mass is 19.3. The van der Waals surface area contributed by atoms with Crippen molar-refractivity contribution >= 4 is 0 Å². The molecule has 1 aromatic carbocycles. The molecule has 0 amide bonds. The molecule has 19 heavy (non-hydrogen) atoms. The third-order valence-corrected chi connectivity index (χ3v) is 3.34. The van der Waals surface area contributed by atoms with Crippen molar-refractivity contribution in [2.75, 3.05) is 20.3 Å². The van der Waals surface area contributed by atoms with Crippen molar-refractivity contribution in [3.63, 3.8) is 0 Å². The lowest BCUT2D eigenvalue weighted by molar-refractivity contribution is -0.0331. The summed E-state index contributed by atoms with van der Waals surface area (Å²) in [5.41, 5.74) is 2.21. The summed E-state index contributed by atoms with van der Waals surface area (Å²) in [6.07, 6.45) is -2.01. The zero-order valence-electron chi connectivity index (χ0n) is 11.2. The van der Waals surface area contributed by atoms with Crippen LogP contribution in [0.4, 0.5) is 8.78 Å². The van der Waals surface area contributed by atoms with Gasteiger partial charge >= 0.3 is 0 Å². The number of alkyl halides is 2. The van der Waals surface area contributed by atoms with Gasteiger partial charge < -0.3 is 14.8 Å². The molecule has 5 heteroatoms. The third-order valence-electron chi connectivity index (χ3n) is 3.34. The van der Waals surface area contributed by atoms with E-state index in [9.17, 15) is 8.78 Å². The highest BCUT2D eigenvalue weighted by Gasteiger charge is 2.33. The van der Waals surface area contributed by atoms with Gasteiger partial charge in [0.05, 0.1) is 19.3 Å². The Morgan fingerprint density at radius 2 is 2.21 bits per heavy atom. The second-order valence-corrected chi connectivity index (χ2v) is 4.57. The normalized spacial score (nSPS) is 21.7. The molecular formula is C14H19F2NO2. The predicted octanol–water partition coefficient (Wildman–Crippen LogP) is 2.55. The van der Waals surface area contributed by atoms with E-state index in [1.165, 1.54) is 0 Å². The molecule has 2 unspecified atom stereocenters. The molecule has 3 nitrogen and oxygen atoms in total. The number of methoxy groups -OCH3 is 1. The zero-order chi connectivity index (χ0) is 13.8. The minimum Gasteiger partial charge on any atom is -0.497 e. The molecule has 0 spiro atoms. The highest BCUT2D eigenvalue weighted by molar-refractivity contribution is 5.42. The lowest BCUT2D eigenvalue weighted by atomic mass is 10.1. The van der Waals surface area contributed by atoms with Gasteiger partial charge in [-0.2, -0.15) is 0 Å². The number of nitrogens with one attached hydrogen (secondary N) is 1. The quantitative estimate of drug-likeness (QED) is 0.862. The maximum atomic E-state index is 12.3. The average molecular weight is 271 g/mol. The van der Waals surface area contributed by atoms with Crippen LogP contribution in [0.15, 0.2) is 18.2 Å². The molecule has 0 fully saturated rings. The molecule has 0 heterocycles. The smallest absolute Gasteiger partial charge is 0.261 e. The number of ether oxygens (including phenoxy) is 2. The van der Waals surface area contributed by atoms with Crippen molar-refractivity contribution in [1.82, 2.24) is 5.32 Å². The van der Waals surface area contributed by atoms with E-state index in [0.29, 0.717) is 6.42 Å². The van der Waals surface area contributed by atoms with E-state index < -0.39 is 13.0 Å². The molecule has 0 aliphatic heterocycles. The van der Waals surface area contributed by atoms with Crippen LogP contribution in [0.2, 0.25) is 0 Å². The predicted molar refractivity (Wildman–Crippen MR) is 68.9 cm³/mol. The SMILES string of the molecule is CCNC1c2cc(OC)ccc2CC1OCC(F)F. The Kier molecular flexibility index (Phi) is 4.71. The van der Waals surface area contributed by atoms with Gasteiger partial charge in [0.2, 0.25) is 0 Å². The fraction of sp³-hybridized carbons (Fsp3) is 0.571. The van der Waals surface area contributed by atoms with Crippen LogP contribution in [-0.4, -0.2) is 32.8 Å². The molecule has 2 atom stereocenters. The summed E-state index contributed by atoms with van der Waals surface area (Å²) in [5.74, 6) is 0.774. The molecule has 1 N–H and O–H groups in total. The molecule has 1 aromatic rings. The van der Waals surface area contributed by atoms with Gasteiger partial charge in [-0.25, -0.2) is 8.78 Å². The third kappa shape index (κ3) is 3.22. The summed E-state index contributed by atoms with van der Waals surface area (Å²) in [6, 6.07) is 5.77. The lowest BCUT2D eigenvalue weighted by Crippen LogP contribution is -2.31. The van der Waals surface area contributed by atoms with E-state index >= 15 is 0 Å². The number of likely N-dealkylation sites (N-methyl/N-ethyl adjacent to an activating group) is 1. The maximum absolute atomic E-state index is 12.3. The summed E-state index contributed by atoms with van der Waals surface area (Å²) in [7, 11) is 1.61. The maximum Gasteiger partial charge on any atom is 0.261 e. The Hall–Kier alpha value is -1.20. The molecule has 0 bridgehead atoms. The van der Waals surface area contributed by atoms with Gasteiger partial charge in [-0.3, -0.25) is 0 Å². The van der Waals surface area contributed by atoms with Crippen LogP contribution in [0.1, 0.15) is 24.1 Å². The minimum absolute atomic E-state index is 0.0474. The van der Waals surface area contributed by atoms with E-state index in [1.807, 2.05) is 25.1 Å². The standard InChI is InChI=1S/C14H19F2NO2/c1-3-17-14-11-7-10(18-2)5-4-9(11)6-12(14)19-8-13(15)16/h4-5,7,12-14,17H,3,6,8H2,1-2H3. The Morgan fingerprint density at radius 3 is 2.84 bits per heavy atom. The molecule has 1 aliphatic rings. The first-order chi connectivity index (χ1) is 9.15. The first-order valence-electron chi connectivity index (χ1n) is 6.45. The van der Waals surface area contributed by atoms with Crippen molar-refractivity contribution < 1.29 is 18.3 Å². The van der Waals surface area contributed by atoms with E-state index in [0.717, 1.165) is 23.4 Å². The largest absolute Gasteiger partial charge is 0.497 e.